The monoisotopic (exact) mass is 230 g/mol. The second-order valence-electron chi connectivity index (χ2n) is 4.93. The van der Waals surface area contributed by atoms with Gasteiger partial charge in [0.15, 0.2) is 0 Å². The molecule has 1 unspecified atom stereocenters. The van der Waals surface area contributed by atoms with Crippen LogP contribution < -0.4 is 5.32 Å². The third kappa shape index (κ3) is 1.80. The number of aromatic amines is 1. The van der Waals surface area contributed by atoms with Gasteiger partial charge in [-0.05, 0) is 50.4 Å². The Hall–Kier alpha value is -1.48. The van der Waals surface area contributed by atoms with E-state index in [1.165, 1.54) is 24.1 Å². The number of aryl methyl sites for hydroxylation is 1. The highest BCUT2D eigenvalue weighted by Crippen LogP contribution is 2.31. The molecule has 17 heavy (non-hydrogen) atoms. The summed E-state index contributed by atoms with van der Waals surface area (Å²) in [5.74, 6) is 0.389. The van der Waals surface area contributed by atoms with Gasteiger partial charge in [0.1, 0.15) is 5.75 Å². The molecule has 90 valence electrons. The number of aromatic nitrogens is 1. The van der Waals surface area contributed by atoms with E-state index >= 15 is 0 Å². The number of phenolic OH excluding ortho intramolecular Hbond substituents is 1. The van der Waals surface area contributed by atoms with Crippen molar-refractivity contribution in [2.45, 2.75) is 32.2 Å². The second kappa shape index (κ2) is 4.08. The summed E-state index contributed by atoms with van der Waals surface area (Å²) in [6.45, 7) is 3.21. The lowest BCUT2D eigenvalue weighted by Gasteiger charge is -2.10. The maximum atomic E-state index is 10.00. The van der Waals surface area contributed by atoms with Gasteiger partial charge in [-0.25, -0.2) is 0 Å². The molecule has 0 saturated carbocycles. The first-order valence-electron chi connectivity index (χ1n) is 6.28. The average Bonchev–Trinajstić information content (AvgIpc) is 2.89. The zero-order valence-electron chi connectivity index (χ0n) is 10.1. The molecule has 1 aromatic heterocycles. The van der Waals surface area contributed by atoms with Crippen molar-refractivity contribution in [3.8, 4) is 5.75 Å². The topological polar surface area (TPSA) is 48.0 Å². The van der Waals surface area contributed by atoms with E-state index in [2.05, 4.69) is 17.2 Å². The highest BCUT2D eigenvalue weighted by atomic mass is 16.3. The highest BCUT2D eigenvalue weighted by Gasteiger charge is 2.19. The summed E-state index contributed by atoms with van der Waals surface area (Å²) in [5, 5.41) is 14.5. The van der Waals surface area contributed by atoms with E-state index in [4.69, 9.17) is 0 Å². The summed E-state index contributed by atoms with van der Waals surface area (Å²) in [6.07, 6.45) is 3.50. The van der Waals surface area contributed by atoms with Gasteiger partial charge in [-0.3, -0.25) is 0 Å². The van der Waals surface area contributed by atoms with E-state index in [9.17, 15) is 5.11 Å². The van der Waals surface area contributed by atoms with Crippen LogP contribution >= 0.6 is 0 Å². The summed E-state index contributed by atoms with van der Waals surface area (Å²) >= 11 is 0. The molecule has 1 aromatic carbocycles. The first-order chi connectivity index (χ1) is 8.25. The molecule has 1 aliphatic heterocycles. The summed E-state index contributed by atoms with van der Waals surface area (Å²) in [6, 6.07) is 6.23. The molecule has 1 aliphatic rings. The fourth-order valence-corrected chi connectivity index (χ4v) is 2.86. The molecule has 2 heterocycles. The Bertz CT molecular complexity index is 538. The third-order valence-corrected chi connectivity index (χ3v) is 3.73. The van der Waals surface area contributed by atoms with Gasteiger partial charge in [0.25, 0.3) is 0 Å². The molecule has 3 N–H and O–H groups in total. The molecule has 3 heteroatoms. The van der Waals surface area contributed by atoms with E-state index in [-0.39, 0.29) is 0 Å². The van der Waals surface area contributed by atoms with E-state index < -0.39 is 0 Å². The molecule has 2 aromatic rings. The molecule has 1 saturated heterocycles. The number of fused-ring (bicyclic) bond motifs is 1. The van der Waals surface area contributed by atoms with Crippen LogP contribution in [0.25, 0.3) is 10.9 Å². The van der Waals surface area contributed by atoms with Gasteiger partial charge in [0.2, 0.25) is 0 Å². The first kappa shape index (κ1) is 10.7. The van der Waals surface area contributed by atoms with E-state index in [1.54, 1.807) is 6.07 Å². The van der Waals surface area contributed by atoms with Crippen LogP contribution in [0, 0.1) is 6.92 Å². The van der Waals surface area contributed by atoms with Crippen LogP contribution in [-0.2, 0) is 6.42 Å². The minimum atomic E-state index is 0.389. The van der Waals surface area contributed by atoms with Gasteiger partial charge in [0.05, 0.1) is 0 Å². The fraction of sp³-hybridized carbons (Fsp3) is 0.429. The Morgan fingerprint density at radius 1 is 1.41 bits per heavy atom. The number of aromatic hydroxyl groups is 1. The first-order valence-corrected chi connectivity index (χ1v) is 6.28. The Balaban J connectivity index is 2.04. The Kier molecular flexibility index (Phi) is 2.56. The number of nitrogens with one attached hydrogen (secondary N) is 2. The molecule has 0 spiro atoms. The maximum absolute atomic E-state index is 10.00. The number of H-pyrrole nitrogens is 1. The minimum Gasteiger partial charge on any atom is -0.507 e. The number of hydrogen-bond donors (Lipinski definition) is 3. The molecule has 1 fully saturated rings. The molecular formula is C14H18N2O. The summed E-state index contributed by atoms with van der Waals surface area (Å²) in [7, 11) is 0. The Morgan fingerprint density at radius 3 is 3.06 bits per heavy atom. The minimum absolute atomic E-state index is 0.389. The van der Waals surface area contributed by atoms with E-state index in [0.29, 0.717) is 11.8 Å². The molecule has 3 nitrogen and oxygen atoms in total. The molecule has 0 amide bonds. The third-order valence-electron chi connectivity index (χ3n) is 3.73. The van der Waals surface area contributed by atoms with Crippen molar-refractivity contribution in [2.75, 3.05) is 6.54 Å². The highest BCUT2D eigenvalue weighted by molar-refractivity contribution is 5.90. The number of rotatable bonds is 2. The van der Waals surface area contributed by atoms with Gasteiger partial charge in [-0.2, -0.15) is 0 Å². The van der Waals surface area contributed by atoms with Gasteiger partial charge < -0.3 is 15.4 Å². The van der Waals surface area contributed by atoms with Crippen molar-refractivity contribution in [2.24, 2.45) is 0 Å². The second-order valence-corrected chi connectivity index (χ2v) is 4.93. The van der Waals surface area contributed by atoms with Gasteiger partial charge >= 0.3 is 0 Å². The standard InChI is InChI=1S/C14H18N2O/c1-9-11(8-10-4-3-7-15-10)14-12(16-9)5-2-6-13(14)17/h2,5-6,10,15-17H,3-4,7-8H2,1H3. The van der Waals surface area contributed by atoms with Gasteiger partial charge in [-0.15, -0.1) is 0 Å². The zero-order valence-corrected chi connectivity index (χ0v) is 10.1. The van der Waals surface area contributed by atoms with Crippen LogP contribution in [0.1, 0.15) is 24.1 Å². The SMILES string of the molecule is Cc1[nH]c2cccc(O)c2c1CC1CCCN1. The number of benzene rings is 1. The summed E-state index contributed by atoms with van der Waals surface area (Å²) < 4.78 is 0. The smallest absolute Gasteiger partial charge is 0.125 e. The zero-order chi connectivity index (χ0) is 11.8. The van der Waals surface area contributed by atoms with Crippen LogP contribution in [0.4, 0.5) is 0 Å². The number of phenols is 1. The summed E-state index contributed by atoms with van der Waals surface area (Å²) in [4.78, 5) is 3.35. The van der Waals surface area contributed by atoms with Crippen LogP contribution in [0.5, 0.6) is 5.75 Å². The van der Waals surface area contributed by atoms with Crippen LogP contribution in [-0.4, -0.2) is 22.7 Å². The van der Waals surface area contributed by atoms with Crippen molar-refractivity contribution in [1.29, 1.82) is 0 Å². The van der Waals surface area contributed by atoms with Crippen LogP contribution in [0.3, 0.4) is 0 Å². The lowest BCUT2D eigenvalue weighted by molar-refractivity contribution is 0.481. The van der Waals surface area contributed by atoms with E-state index in [0.717, 1.165) is 23.9 Å². The maximum Gasteiger partial charge on any atom is 0.125 e. The normalized spacial score (nSPS) is 20.2. The van der Waals surface area contributed by atoms with Crippen LogP contribution in [0.2, 0.25) is 0 Å². The summed E-state index contributed by atoms with van der Waals surface area (Å²) in [5.41, 5.74) is 3.48. The fourth-order valence-electron chi connectivity index (χ4n) is 2.86. The Labute approximate surface area is 101 Å². The van der Waals surface area contributed by atoms with E-state index in [1.807, 2.05) is 12.1 Å². The molecule has 0 radical (unpaired) electrons. The van der Waals surface area contributed by atoms with Crippen LogP contribution in [0.15, 0.2) is 18.2 Å². The molecule has 0 aliphatic carbocycles. The predicted molar refractivity (Wildman–Crippen MR) is 69.4 cm³/mol. The predicted octanol–water partition coefficient (Wildman–Crippen LogP) is 2.48. The van der Waals surface area contributed by atoms with Crippen molar-refractivity contribution in [3.63, 3.8) is 0 Å². The lowest BCUT2D eigenvalue weighted by Crippen LogP contribution is -2.23. The molecular weight excluding hydrogens is 212 g/mol. The lowest BCUT2D eigenvalue weighted by atomic mass is 10.0. The Morgan fingerprint density at radius 2 is 2.29 bits per heavy atom. The van der Waals surface area contributed by atoms with Crippen molar-refractivity contribution in [1.82, 2.24) is 10.3 Å². The molecule has 0 bridgehead atoms. The number of hydrogen-bond acceptors (Lipinski definition) is 2. The van der Waals surface area contributed by atoms with Gasteiger partial charge in [0, 0.05) is 22.6 Å². The quantitative estimate of drug-likeness (QED) is 0.742. The molecule has 3 rings (SSSR count). The van der Waals surface area contributed by atoms with Gasteiger partial charge in [-0.1, -0.05) is 6.07 Å². The van der Waals surface area contributed by atoms with Crippen molar-refractivity contribution < 1.29 is 5.11 Å². The van der Waals surface area contributed by atoms with Crippen molar-refractivity contribution >= 4 is 10.9 Å². The molecule has 1 atom stereocenters. The van der Waals surface area contributed by atoms with Crippen molar-refractivity contribution in [3.05, 3.63) is 29.5 Å². The largest absolute Gasteiger partial charge is 0.507 e. The average molecular weight is 230 g/mol.